The van der Waals surface area contributed by atoms with Crippen LogP contribution in [0.15, 0.2) is 18.3 Å². The van der Waals surface area contributed by atoms with Crippen molar-refractivity contribution in [1.29, 1.82) is 0 Å². The number of pyridine rings is 1. The molecule has 1 rings (SSSR count). The average Bonchev–Trinajstić information content (AvgIpc) is 2.29. The van der Waals surface area contributed by atoms with E-state index in [1.54, 1.807) is 13.8 Å². The highest BCUT2D eigenvalue weighted by Gasteiger charge is 2.18. The van der Waals surface area contributed by atoms with E-state index in [1.807, 2.05) is 0 Å². The lowest BCUT2D eigenvalue weighted by molar-refractivity contribution is -0.122. The van der Waals surface area contributed by atoms with E-state index in [0.29, 0.717) is 6.54 Å². The van der Waals surface area contributed by atoms with Crippen molar-refractivity contribution < 1.29 is 14.7 Å². The molecule has 3 N–H and O–H groups in total. The zero-order valence-electron chi connectivity index (χ0n) is 9.73. The van der Waals surface area contributed by atoms with E-state index >= 15 is 0 Å². The molecule has 6 nitrogen and oxygen atoms in total. The summed E-state index contributed by atoms with van der Waals surface area (Å²) in [6, 6.07) is 2.20. The smallest absolute Gasteiger partial charge is 0.274 e. The number of aromatic nitrogens is 1. The van der Waals surface area contributed by atoms with Gasteiger partial charge in [-0.25, -0.2) is 4.98 Å². The minimum atomic E-state index is -0.677. The predicted octanol–water partition coefficient (Wildman–Crippen LogP) is 0.0416. The summed E-state index contributed by atoms with van der Waals surface area (Å²) in [4.78, 5) is 26.8. The Balaban J connectivity index is 2.67. The van der Waals surface area contributed by atoms with Crippen molar-refractivity contribution >= 4 is 11.8 Å². The van der Waals surface area contributed by atoms with Gasteiger partial charge in [0.2, 0.25) is 5.91 Å². The number of amides is 2. The maximum atomic E-state index is 11.7. The Kier molecular flexibility index (Phi) is 4.45. The minimum absolute atomic E-state index is 0.0938. The van der Waals surface area contributed by atoms with Gasteiger partial charge in [-0.2, -0.15) is 0 Å². The van der Waals surface area contributed by atoms with Gasteiger partial charge in [0.1, 0.15) is 11.8 Å². The first kappa shape index (κ1) is 13.0. The zero-order valence-corrected chi connectivity index (χ0v) is 9.73. The van der Waals surface area contributed by atoms with Crippen LogP contribution >= 0.6 is 0 Å². The summed E-state index contributed by atoms with van der Waals surface area (Å²) in [5, 5.41) is 14.4. The average molecular weight is 237 g/mol. The van der Waals surface area contributed by atoms with Gasteiger partial charge in [-0.1, -0.05) is 0 Å². The maximum absolute atomic E-state index is 11.7. The highest BCUT2D eigenvalue weighted by Crippen LogP contribution is 2.12. The number of carbonyl (C=O) groups is 2. The van der Waals surface area contributed by atoms with Crippen LogP contribution in [0.5, 0.6) is 5.75 Å². The number of carbonyl (C=O) groups excluding carboxylic acids is 2. The fourth-order valence-corrected chi connectivity index (χ4v) is 1.23. The largest absolute Gasteiger partial charge is 0.505 e. The summed E-state index contributed by atoms with van der Waals surface area (Å²) < 4.78 is 0. The van der Waals surface area contributed by atoms with Crippen molar-refractivity contribution in [2.45, 2.75) is 19.9 Å². The predicted molar refractivity (Wildman–Crippen MR) is 61.5 cm³/mol. The van der Waals surface area contributed by atoms with E-state index < -0.39 is 11.9 Å². The van der Waals surface area contributed by atoms with Gasteiger partial charge in [0, 0.05) is 12.7 Å². The quantitative estimate of drug-likeness (QED) is 0.689. The Bertz CT molecular complexity index is 420. The molecule has 1 atom stereocenters. The Morgan fingerprint density at radius 1 is 1.53 bits per heavy atom. The fourth-order valence-electron chi connectivity index (χ4n) is 1.23. The van der Waals surface area contributed by atoms with E-state index in [4.69, 9.17) is 0 Å². The fraction of sp³-hybridized carbons (Fsp3) is 0.364. The summed E-state index contributed by atoms with van der Waals surface area (Å²) in [6.07, 6.45) is 1.39. The monoisotopic (exact) mass is 237 g/mol. The van der Waals surface area contributed by atoms with Crippen molar-refractivity contribution in [2.75, 3.05) is 6.54 Å². The lowest BCUT2D eigenvalue weighted by Crippen LogP contribution is -2.44. The molecule has 0 aliphatic heterocycles. The first-order valence-electron chi connectivity index (χ1n) is 5.28. The normalized spacial score (nSPS) is 11.6. The zero-order chi connectivity index (χ0) is 12.8. The van der Waals surface area contributed by atoms with Crippen molar-refractivity contribution in [3.05, 3.63) is 24.0 Å². The summed E-state index contributed by atoms with van der Waals surface area (Å²) >= 11 is 0. The van der Waals surface area contributed by atoms with Crippen molar-refractivity contribution in [2.24, 2.45) is 0 Å². The van der Waals surface area contributed by atoms with Crippen LogP contribution in [0.25, 0.3) is 0 Å². The lowest BCUT2D eigenvalue weighted by atomic mass is 10.2. The molecule has 1 aromatic heterocycles. The molecule has 2 amide bonds. The van der Waals surface area contributed by atoms with Crippen molar-refractivity contribution in [3.8, 4) is 5.75 Å². The van der Waals surface area contributed by atoms with E-state index in [-0.39, 0.29) is 17.4 Å². The van der Waals surface area contributed by atoms with Gasteiger partial charge in [0.05, 0.1) is 0 Å². The van der Waals surface area contributed by atoms with Gasteiger partial charge in [-0.05, 0) is 26.0 Å². The molecule has 0 aliphatic carbocycles. The molecule has 0 radical (unpaired) electrons. The van der Waals surface area contributed by atoms with Crippen molar-refractivity contribution in [3.63, 3.8) is 0 Å². The van der Waals surface area contributed by atoms with Crippen LogP contribution in [-0.4, -0.2) is 34.5 Å². The second-order valence-electron chi connectivity index (χ2n) is 3.46. The Hall–Kier alpha value is -2.11. The van der Waals surface area contributed by atoms with E-state index in [9.17, 15) is 14.7 Å². The molecule has 0 aliphatic rings. The molecular formula is C11H15N3O3. The molecule has 17 heavy (non-hydrogen) atoms. The molecule has 0 fully saturated rings. The lowest BCUT2D eigenvalue weighted by Gasteiger charge is -2.13. The number of nitrogens with zero attached hydrogens (tertiary/aromatic N) is 1. The molecule has 0 spiro atoms. The summed E-state index contributed by atoms with van der Waals surface area (Å²) in [5.74, 6) is -1.08. The highest BCUT2D eigenvalue weighted by molar-refractivity contribution is 5.97. The molecule has 0 bridgehead atoms. The number of aromatic hydroxyl groups is 1. The SMILES string of the molecule is CCNC(=O)C(C)NC(=O)c1ncccc1O. The van der Waals surface area contributed by atoms with Gasteiger partial charge < -0.3 is 15.7 Å². The molecule has 6 heteroatoms. The number of nitrogens with one attached hydrogen (secondary N) is 2. The summed E-state index contributed by atoms with van der Waals surface area (Å²) in [7, 11) is 0. The molecule has 0 saturated carbocycles. The Labute approximate surface area is 99.1 Å². The molecule has 1 unspecified atom stereocenters. The van der Waals surface area contributed by atoms with Gasteiger partial charge in [0.25, 0.3) is 5.91 Å². The highest BCUT2D eigenvalue weighted by atomic mass is 16.3. The maximum Gasteiger partial charge on any atom is 0.274 e. The molecule has 92 valence electrons. The number of rotatable bonds is 4. The third kappa shape index (κ3) is 3.44. The van der Waals surface area contributed by atoms with Crippen LogP contribution in [0.3, 0.4) is 0 Å². The minimum Gasteiger partial charge on any atom is -0.505 e. The standard InChI is InChI=1S/C11H15N3O3/c1-3-12-10(16)7(2)14-11(17)9-8(15)5-4-6-13-9/h4-7,15H,3H2,1-2H3,(H,12,16)(H,14,17). The van der Waals surface area contributed by atoms with Gasteiger partial charge in [-0.3, -0.25) is 9.59 Å². The van der Waals surface area contributed by atoms with Gasteiger partial charge in [-0.15, -0.1) is 0 Å². The van der Waals surface area contributed by atoms with Crippen LogP contribution in [0.4, 0.5) is 0 Å². The number of hydrogen-bond acceptors (Lipinski definition) is 4. The summed E-state index contributed by atoms with van der Waals surface area (Å²) in [6.45, 7) is 3.84. The Morgan fingerprint density at radius 2 is 2.24 bits per heavy atom. The van der Waals surface area contributed by atoms with Crippen LogP contribution in [0, 0.1) is 0 Å². The van der Waals surface area contributed by atoms with Gasteiger partial charge >= 0.3 is 0 Å². The molecule has 1 aromatic rings. The third-order valence-electron chi connectivity index (χ3n) is 2.09. The van der Waals surface area contributed by atoms with E-state index in [2.05, 4.69) is 15.6 Å². The van der Waals surface area contributed by atoms with E-state index in [1.165, 1.54) is 18.3 Å². The third-order valence-corrected chi connectivity index (χ3v) is 2.09. The van der Waals surface area contributed by atoms with Gasteiger partial charge in [0.15, 0.2) is 5.69 Å². The number of likely N-dealkylation sites (N-methyl/N-ethyl adjacent to an activating group) is 1. The molecule has 1 heterocycles. The first-order chi connectivity index (χ1) is 8.06. The molecule has 0 aromatic carbocycles. The topological polar surface area (TPSA) is 91.3 Å². The number of hydrogen-bond donors (Lipinski definition) is 3. The second-order valence-corrected chi connectivity index (χ2v) is 3.46. The van der Waals surface area contributed by atoms with Crippen molar-refractivity contribution in [1.82, 2.24) is 15.6 Å². The van der Waals surface area contributed by atoms with Crippen LogP contribution in [0.2, 0.25) is 0 Å². The molecule has 0 saturated heterocycles. The van der Waals surface area contributed by atoms with Crippen LogP contribution in [0.1, 0.15) is 24.3 Å². The van der Waals surface area contributed by atoms with Crippen LogP contribution in [-0.2, 0) is 4.79 Å². The molecular weight excluding hydrogens is 222 g/mol. The van der Waals surface area contributed by atoms with E-state index in [0.717, 1.165) is 0 Å². The second kappa shape index (κ2) is 5.83. The first-order valence-corrected chi connectivity index (χ1v) is 5.28. The summed E-state index contributed by atoms with van der Waals surface area (Å²) in [5.41, 5.74) is -0.0938. The van der Waals surface area contributed by atoms with Crippen LogP contribution < -0.4 is 10.6 Å². The Morgan fingerprint density at radius 3 is 2.82 bits per heavy atom.